The molecule has 1 heterocycles. The van der Waals surface area contributed by atoms with Crippen molar-refractivity contribution in [1.82, 2.24) is 4.90 Å². The van der Waals surface area contributed by atoms with Gasteiger partial charge < -0.3 is 15.1 Å². The maximum Gasteiger partial charge on any atom is 0.332 e. The molecule has 1 atom stereocenters. The van der Waals surface area contributed by atoms with E-state index in [-0.39, 0.29) is 0 Å². The van der Waals surface area contributed by atoms with Crippen molar-refractivity contribution in [2.24, 2.45) is 5.41 Å². The highest BCUT2D eigenvalue weighted by molar-refractivity contribution is 5.71. The standard InChI is InChI=1S/C11H21NO3/c1-3-11(4-2)7-12(8-11)6-5-9(13)10(14)15/h9,13H,3-8H2,1-2H3,(H,14,15). The van der Waals surface area contributed by atoms with E-state index in [1.165, 1.54) is 12.8 Å². The van der Waals surface area contributed by atoms with Gasteiger partial charge in [0.1, 0.15) is 0 Å². The lowest BCUT2D eigenvalue weighted by Crippen LogP contribution is -2.56. The topological polar surface area (TPSA) is 60.8 Å². The van der Waals surface area contributed by atoms with Gasteiger partial charge in [-0.05, 0) is 24.7 Å². The lowest BCUT2D eigenvalue weighted by Gasteiger charge is -2.50. The highest BCUT2D eigenvalue weighted by Gasteiger charge is 2.39. The first-order valence-electron chi connectivity index (χ1n) is 5.66. The maximum atomic E-state index is 10.4. The molecule has 1 aliphatic heterocycles. The molecule has 15 heavy (non-hydrogen) atoms. The first kappa shape index (κ1) is 12.5. The molecule has 2 N–H and O–H groups in total. The van der Waals surface area contributed by atoms with Crippen LogP contribution >= 0.6 is 0 Å². The summed E-state index contributed by atoms with van der Waals surface area (Å²) in [5.74, 6) is -1.12. The average molecular weight is 215 g/mol. The number of carboxylic acid groups (broad SMARTS) is 1. The third-order valence-corrected chi connectivity index (χ3v) is 3.62. The number of rotatable bonds is 6. The number of hydrogen-bond donors (Lipinski definition) is 2. The van der Waals surface area contributed by atoms with E-state index in [1.54, 1.807) is 0 Å². The Kier molecular flexibility index (Phi) is 4.11. The van der Waals surface area contributed by atoms with Gasteiger partial charge >= 0.3 is 5.97 Å². The van der Waals surface area contributed by atoms with Crippen LogP contribution in [0, 0.1) is 5.41 Å². The summed E-state index contributed by atoms with van der Waals surface area (Å²) in [6, 6.07) is 0. The predicted octanol–water partition coefficient (Wildman–Crippen LogP) is 0.944. The van der Waals surface area contributed by atoms with Gasteiger partial charge in [-0.1, -0.05) is 13.8 Å². The van der Waals surface area contributed by atoms with Crippen molar-refractivity contribution < 1.29 is 15.0 Å². The fourth-order valence-electron chi connectivity index (χ4n) is 2.19. The summed E-state index contributed by atoms with van der Waals surface area (Å²) in [5.41, 5.74) is 0.453. The van der Waals surface area contributed by atoms with E-state index in [0.717, 1.165) is 13.1 Å². The van der Waals surface area contributed by atoms with Crippen molar-refractivity contribution in [3.63, 3.8) is 0 Å². The lowest BCUT2D eigenvalue weighted by molar-refractivity contribution is -0.147. The minimum absolute atomic E-state index is 0.332. The lowest BCUT2D eigenvalue weighted by atomic mass is 9.75. The second-order valence-electron chi connectivity index (χ2n) is 4.56. The van der Waals surface area contributed by atoms with Gasteiger partial charge in [0.15, 0.2) is 6.10 Å². The SMILES string of the molecule is CCC1(CC)CN(CCC(O)C(=O)O)C1. The van der Waals surface area contributed by atoms with E-state index < -0.39 is 12.1 Å². The molecular formula is C11H21NO3. The minimum Gasteiger partial charge on any atom is -0.479 e. The second-order valence-corrected chi connectivity index (χ2v) is 4.56. The Morgan fingerprint density at radius 2 is 1.93 bits per heavy atom. The van der Waals surface area contributed by atoms with E-state index in [2.05, 4.69) is 18.7 Å². The van der Waals surface area contributed by atoms with Crippen molar-refractivity contribution in [3.8, 4) is 0 Å². The summed E-state index contributed by atoms with van der Waals surface area (Å²) in [6.45, 7) is 7.19. The molecule has 4 nitrogen and oxygen atoms in total. The zero-order valence-corrected chi connectivity index (χ0v) is 9.57. The summed E-state index contributed by atoms with van der Waals surface area (Å²) in [4.78, 5) is 12.6. The van der Waals surface area contributed by atoms with Crippen molar-refractivity contribution >= 4 is 5.97 Å². The summed E-state index contributed by atoms with van der Waals surface area (Å²) >= 11 is 0. The Morgan fingerprint density at radius 1 is 1.40 bits per heavy atom. The quantitative estimate of drug-likeness (QED) is 0.692. The Balaban J connectivity index is 2.20. The Morgan fingerprint density at radius 3 is 2.33 bits per heavy atom. The van der Waals surface area contributed by atoms with E-state index in [4.69, 9.17) is 10.2 Å². The largest absolute Gasteiger partial charge is 0.479 e. The first-order chi connectivity index (χ1) is 7.03. The molecule has 1 fully saturated rings. The van der Waals surface area contributed by atoms with Gasteiger partial charge in [-0.15, -0.1) is 0 Å². The third-order valence-electron chi connectivity index (χ3n) is 3.62. The van der Waals surface area contributed by atoms with E-state index >= 15 is 0 Å². The molecule has 1 saturated heterocycles. The molecule has 0 saturated carbocycles. The van der Waals surface area contributed by atoms with Crippen LogP contribution in [-0.2, 0) is 4.79 Å². The molecule has 0 aromatic heterocycles. The molecule has 1 rings (SSSR count). The molecule has 0 radical (unpaired) electrons. The number of likely N-dealkylation sites (tertiary alicyclic amines) is 1. The number of nitrogens with zero attached hydrogens (tertiary/aromatic N) is 1. The van der Waals surface area contributed by atoms with Crippen LogP contribution in [-0.4, -0.2) is 46.8 Å². The van der Waals surface area contributed by atoms with Crippen LogP contribution < -0.4 is 0 Å². The van der Waals surface area contributed by atoms with Gasteiger partial charge in [0.05, 0.1) is 0 Å². The van der Waals surface area contributed by atoms with Crippen LogP contribution in [0.3, 0.4) is 0 Å². The number of hydrogen-bond acceptors (Lipinski definition) is 3. The van der Waals surface area contributed by atoms with Gasteiger partial charge in [0.25, 0.3) is 0 Å². The van der Waals surface area contributed by atoms with Crippen LogP contribution in [0.5, 0.6) is 0 Å². The molecular weight excluding hydrogens is 194 g/mol. The normalized spacial score (nSPS) is 22.1. The Hall–Kier alpha value is -0.610. The van der Waals surface area contributed by atoms with Crippen molar-refractivity contribution in [3.05, 3.63) is 0 Å². The zero-order chi connectivity index (χ0) is 11.5. The van der Waals surface area contributed by atoms with Crippen molar-refractivity contribution in [1.29, 1.82) is 0 Å². The molecule has 0 aliphatic carbocycles. The van der Waals surface area contributed by atoms with Crippen LogP contribution in [0.25, 0.3) is 0 Å². The van der Waals surface area contributed by atoms with Crippen molar-refractivity contribution in [2.45, 2.75) is 39.2 Å². The molecule has 0 spiro atoms. The fourth-order valence-corrected chi connectivity index (χ4v) is 2.19. The maximum absolute atomic E-state index is 10.4. The van der Waals surface area contributed by atoms with Crippen LogP contribution in [0.15, 0.2) is 0 Å². The number of aliphatic hydroxyl groups is 1. The molecule has 0 aromatic carbocycles. The number of carbonyl (C=O) groups is 1. The van der Waals surface area contributed by atoms with Crippen molar-refractivity contribution in [2.75, 3.05) is 19.6 Å². The summed E-state index contributed by atoms with van der Waals surface area (Å²) in [6.07, 6.45) is 1.49. The molecule has 1 aliphatic rings. The number of carboxylic acids is 1. The van der Waals surface area contributed by atoms with Crippen LogP contribution in [0.1, 0.15) is 33.1 Å². The minimum atomic E-state index is -1.21. The van der Waals surface area contributed by atoms with Crippen LogP contribution in [0.2, 0.25) is 0 Å². The van der Waals surface area contributed by atoms with Gasteiger partial charge in [-0.25, -0.2) is 4.79 Å². The second kappa shape index (κ2) is 4.94. The summed E-state index contributed by atoms with van der Waals surface area (Å²) < 4.78 is 0. The number of aliphatic carboxylic acids is 1. The molecule has 0 aromatic rings. The fraction of sp³-hybridized carbons (Fsp3) is 0.909. The monoisotopic (exact) mass is 215 g/mol. The van der Waals surface area contributed by atoms with Gasteiger partial charge in [0.2, 0.25) is 0 Å². The molecule has 88 valence electrons. The summed E-state index contributed by atoms with van der Waals surface area (Å²) in [7, 11) is 0. The summed E-state index contributed by atoms with van der Waals surface area (Å²) in [5, 5.41) is 17.6. The van der Waals surface area contributed by atoms with E-state index in [9.17, 15) is 4.79 Å². The third kappa shape index (κ3) is 2.92. The van der Waals surface area contributed by atoms with E-state index in [1.807, 2.05) is 0 Å². The first-order valence-corrected chi connectivity index (χ1v) is 5.66. The average Bonchev–Trinajstić information content (AvgIpc) is 2.16. The van der Waals surface area contributed by atoms with E-state index in [0.29, 0.717) is 18.4 Å². The molecule has 0 amide bonds. The zero-order valence-electron chi connectivity index (χ0n) is 9.57. The van der Waals surface area contributed by atoms with Crippen LogP contribution in [0.4, 0.5) is 0 Å². The smallest absolute Gasteiger partial charge is 0.332 e. The molecule has 1 unspecified atom stereocenters. The Labute approximate surface area is 90.9 Å². The van der Waals surface area contributed by atoms with Gasteiger partial charge in [-0.3, -0.25) is 0 Å². The Bertz CT molecular complexity index is 218. The van der Waals surface area contributed by atoms with Gasteiger partial charge in [0, 0.05) is 19.6 Å². The number of aliphatic hydroxyl groups excluding tert-OH is 1. The molecule has 0 bridgehead atoms. The van der Waals surface area contributed by atoms with Gasteiger partial charge in [-0.2, -0.15) is 0 Å². The highest BCUT2D eigenvalue weighted by Crippen LogP contribution is 2.36. The molecule has 4 heteroatoms. The highest BCUT2D eigenvalue weighted by atomic mass is 16.4. The predicted molar refractivity (Wildman–Crippen MR) is 57.7 cm³/mol.